The lowest BCUT2D eigenvalue weighted by molar-refractivity contribution is -0.384. The second-order valence-corrected chi connectivity index (χ2v) is 6.75. The van der Waals surface area contributed by atoms with Crippen molar-refractivity contribution in [2.75, 3.05) is 0 Å². The van der Waals surface area contributed by atoms with Gasteiger partial charge in [0, 0.05) is 17.2 Å². The van der Waals surface area contributed by atoms with E-state index in [2.05, 4.69) is 10.3 Å². The second-order valence-electron chi connectivity index (χ2n) is 5.12. The number of hydrogen-bond donors (Lipinski definition) is 1. The molecule has 2 aromatic carbocycles. The molecule has 0 unspecified atom stereocenters. The molecule has 2 aromatic rings. The molecule has 1 aliphatic rings. The Kier molecular flexibility index (Phi) is 4.82. The SMILES string of the molecule is O=C1NC(=Nc2ccc(Cl)cc2)S[C@@H]1Cc1cccc([N+](=O)[O-])c1. The first-order chi connectivity index (χ1) is 11.5. The maximum atomic E-state index is 12.1. The number of thioether (sulfide) groups is 1. The minimum absolute atomic E-state index is 0.0194. The smallest absolute Gasteiger partial charge is 0.269 e. The highest BCUT2D eigenvalue weighted by molar-refractivity contribution is 8.15. The van der Waals surface area contributed by atoms with Gasteiger partial charge in [-0.1, -0.05) is 35.5 Å². The van der Waals surface area contributed by atoms with E-state index in [9.17, 15) is 14.9 Å². The minimum Gasteiger partial charge on any atom is -0.304 e. The average molecular weight is 362 g/mol. The molecule has 8 heteroatoms. The van der Waals surface area contributed by atoms with Crippen molar-refractivity contribution in [3.8, 4) is 0 Å². The third kappa shape index (κ3) is 3.93. The van der Waals surface area contributed by atoms with E-state index >= 15 is 0 Å². The van der Waals surface area contributed by atoms with E-state index in [0.717, 1.165) is 5.56 Å². The largest absolute Gasteiger partial charge is 0.304 e. The van der Waals surface area contributed by atoms with E-state index in [0.29, 0.717) is 22.3 Å². The van der Waals surface area contributed by atoms with Gasteiger partial charge in [0.05, 0.1) is 15.9 Å². The van der Waals surface area contributed by atoms with E-state index in [1.54, 1.807) is 36.4 Å². The highest BCUT2D eigenvalue weighted by Crippen LogP contribution is 2.27. The molecule has 122 valence electrons. The number of hydrogen-bond acceptors (Lipinski definition) is 5. The molecule has 1 heterocycles. The first-order valence-electron chi connectivity index (χ1n) is 7.06. The number of amidine groups is 1. The predicted molar refractivity (Wildman–Crippen MR) is 94.9 cm³/mol. The summed E-state index contributed by atoms with van der Waals surface area (Å²) in [7, 11) is 0. The number of nitrogens with zero attached hydrogens (tertiary/aromatic N) is 2. The third-order valence-electron chi connectivity index (χ3n) is 3.38. The molecule has 0 radical (unpaired) electrons. The Labute approximate surface area is 147 Å². The van der Waals surface area contributed by atoms with E-state index in [1.807, 2.05) is 0 Å². The van der Waals surface area contributed by atoms with Gasteiger partial charge in [0.2, 0.25) is 5.91 Å². The maximum absolute atomic E-state index is 12.1. The number of carbonyl (C=O) groups is 1. The number of non-ortho nitro benzene ring substituents is 1. The maximum Gasteiger partial charge on any atom is 0.269 e. The molecule has 24 heavy (non-hydrogen) atoms. The van der Waals surface area contributed by atoms with Gasteiger partial charge >= 0.3 is 0 Å². The summed E-state index contributed by atoms with van der Waals surface area (Å²) in [6.45, 7) is 0. The Morgan fingerprint density at radius 2 is 2.00 bits per heavy atom. The van der Waals surface area contributed by atoms with Crippen LogP contribution in [-0.2, 0) is 11.2 Å². The first-order valence-corrected chi connectivity index (χ1v) is 8.32. The highest BCUT2D eigenvalue weighted by atomic mass is 35.5. The molecule has 1 fully saturated rings. The fourth-order valence-corrected chi connectivity index (χ4v) is 3.39. The number of nitro benzene ring substituents is 1. The Hall–Kier alpha value is -2.38. The lowest BCUT2D eigenvalue weighted by atomic mass is 10.1. The number of nitrogens with one attached hydrogen (secondary N) is 1. The summed E-state index contributed by atoms with van der Waals surface area (Å²) in [5.41, 5.74) is 1.45. The molecule has 1 saturated heterocycles. The van der Waals surface area contributed by atoms with Crippen LogP contribution in [0.25, 0.3) is 0 Å². The molecule has 0 spiro atoms. The molecule has 1 aliphatic heterocycles. The molecule has 1 N–H and O–H groups in total. The van der Waals surface area contributed by atoms with Crippen LogP contribution < -0.4 is 5.32 Å². The Balaban J connectivity index is 1.72. The standard InChI is InChI=1S/C16H12ClN3O3S/c17-11-4-6-12(7-5-11)18-16-19-15(21)14(24-16)9-10-2-1-3-13(8-10)20(22)23/h1-8,14H,9H2,(H,18,19,21)/t14-/m1/s1. The molecule has 0 bridgehead atoms. The van der Waals surface area contributed by atoms with E-state index in [4.69, 9.17) is 11.6 Å². The van der Waals surface area contributed by atoms with Crippen molar-refractivity contribution in [1.29, 1.82) is 0 Å². The van der Waals surface area contributed by atoms with Crippen LogP contribution in [0.1, 0.15) is 5.56 Å². The van der Waals surface area contributed by atoms with Gasteiger partial charge in [-0.15, -0.1) is 0 Å². The number of amides is 1. The van der Waals surface area contributed by atoms with E-state index in [1.165, 1.54) is 23.9 Å². The molecular weight excluding hydrogens is 350 g/mol. The molecule has 3 rings (SSSR count). The van der Waals surface area contributed by atoms with Crippen molar-refractivity contribution in [1.82, 2.24) is 5.32 Å². The predicted octanol–water partition coefficient (Wildman–Crippen LogP) is 3.71. The van der Waals surface area contributed by atoms with E-state index in [-0.39, 0.29) is 16.8 Å². The monoisotopic (exact) mass is 361 g/mol. The summed E-state index contributed by atoms with van der Waals surface area (Å²) in [5, 5.41) is 14.3. The van der Waals surface area contributed by atoms with Gasteiger partial charge in [-0.25, -0.2) is 4.99 Å². The average Bonchev–Trinajstić information content (AvgIpc) is 2.89. The lowest BCUT2D eigenvalue weighted by Crippen LogP contribution is -2.25. The molecule has 1 amide bonds. The van der Waals surface area contributed by atoms with Crippen molar-refractivity contribution in [2.45, 2.75) is 11.7 Å². The van der Waals surface area contributed by atoms with Gasteiger partial charge in [0.1, 0.15) is 0 Å². The quantitative estimate of drug-likeness (QED) is 0.664. The van der Waals surface area contributed by atoms with Crippen molar-refractivity contribution in [3.63, 3.8) is 0 Å². The van der Waals surface area contributed by atoms with Gasteiger partial charge in [0.15, 0.2) is 5.17 Å². The Morgan fingerprint density at radius 3 is 2.71 bits per heavy atom. The molecule has 0 saturated carbocycles. The number of carbonyl (C=O) groups excluding carboxylic acids is 1. The number of benzene rings is 2. The van der Waals surface area contributed by atoms with Crippen LogP contribution in [0.3, 0.4) is 0 Å². The third-order valence-corrected chi connectivity index (χ3v) is 4.71. The highest BCUT2D eigenvalue weighted by Gasteiger charge is 2.30. The van der Waals surface area contributed by atoms with Crippen molar-refractivity contribution >= 4 is 45.8 Å². The van der Waals surface area contributed by atoms with Crippen LogP contribution in [0.4, 0.5) is 11.4 Å². The van der Waals surface area contributed by atoms with Crippen LogP contribution in [0.15, 0.2) is 53.5 Å². The zero-order valence-corrected chi connectivity index (χ0v) is 13.9. The van der Waals surface area contributed by atoms with Crippen LogP contribution in [0.2, 0.25) is 5.02 Å². The molecule has 0 aliphatic carbocycles. The van der Waals surface area contributed by atoms with Gasteiger partial charge in [-0.2, -0.15) is 0 Å². The summed E-state index contributed by atoms with van der Waals surface area (Å²) in [4.78, 5) is 26.8. The fraction of sp³-hybridized carbons (Fsp3) is 0.125. The summed E-state index contributed by atoms with van der Waals surface area (Å²) in [6, 6.07) is 13.3. The lowest BCUT2D eigenvalue weighted by Gasteiger charge is -2.05. The van der Waals surface area contributed by atoms with Crippen LogP contribution in [0.5, 0.6) is 0 Å². The second kappa shape index (κ2) is 7.02. The number of aliphatic imine (C=N–C) groups is 1. The number of rotatable bonds is 4. The fourth-order valence-electron chi connectivity index (χ4n) is 2.24. The summed E-state index contributed by atoms with van der Waals surface area (Å²) in [5.74, 6) is -0.154. The minimum atomic E-state index is -0.446. The molecule has 0 aromatic heterocycles. The Bertz CT molecular complexity index is 824. The molecule has 6 nitrogen and oxygen atoms in total. The van der Waals surface area contributed by atoms with Crippen molar-refractivity contribution in [3.05, 3.63) is 69.2 Å². The van der Waals surface area contributed by atoms with Gasteiger partial charge in [0.25, 0.3) is 5.69 Å². The Morgan fingerprint density at radius 1 is 1.25 bits per heavy atom. The zero-order valence-electron chi connectivity index (χ0n) is 12.3. The summed E-state index contributed by atoms with van der Waals surface area (Å²) < 4.78 is 0. The van der Waals surface area contributed by atoms with Crippen molar-refractivity contribution in [2.24, 2.45) is 4.99 Å². The summed E-state index contributed by atoms with van der Waals surface area (Å²) in [6.07, 6.45) is 0.401. The summed E-state index contributed by atoms with van der Waals surface area (Å²) >= 11 is 7.14. The molecule has 1 atom stereocenters. The van der Waals surface area contributed by atoms with Gasteiger partial charge in [-0.3, -0.25) is 14.9 Å². The normalized spacial score (nSPS) is 18.6. The van der Waals surface area contributed by atoms with Crippen LogP contribution in [0, 0.1) is 10.1 Å². The van der Waals surface area contributed by atoms with Gasteiger partial charge < -0.3 is 5.32 Å². The number of nitro groups is 1. The van der Waals surface area contributed by atoms with Crippen LogP contribution in [-0.4, -0.2) is 21.2 Å². The van der Waals surface area contributed by atoms with Gasteiger partial charge in [-0.05, 0) is 36.2 Å². The molecular formula is C16H12ClN3O3S. The zero-order chi connectivity index (χ0) is 17.1. The van der Waals surface area contributed by atoms with Crippen molar-refractivity contribution < 1.29 is 9.72 Å². The topological polar surface area (TPSA) is 84.6 Å². The van der Waals surface area contributed by atoms with E-state index < -0.39 is 4.92 Å². The van der Waals surface area contributed by atoms with Crippen LogP contribution >= 0.6 is 23.4 Å². The first kappa shape index (κ1) is 16.5. The number of halogens is 1.